The van der Waals surface area contributed by atoms with Crippen molar-refractivity contribution in [1.82, 2.24) is 45.1 Å². The van der Waals surface area contributed by atoms with Crippen molar-refractivity contribution in [1.29, 1.82) is 0 Å². The fourth-order valence-corrected chi connectivity index (χ4v) is 4.33. The molecule has 6 aromatic heterocycles. The molecule has 0 unspecified atom stereocenters. The molecule has 0 saturated carbocycles. The molecule has 0 amide bonds. The lowest BCUT2D eigenvalue weighted by atomic mass is 10.1. The quantitative estimate of drug-likeness (QED) is 0.360. The maximum absolute atomic E-state index is 5.92. The molecule has 0 bridgehead atoms. The van der Waals surface area contributed by atoms with Gasteiger partial charge in [0.25, 0.3) is 0 Å². The highest BCUT2D eigenvalue weighted by atomic mass is 15.3. The zero-order valence-corrected chi connectivity index (χ0v) is 18.4. The summed E-state index contributed by atoms with van der Waals surface area (Å²) in [4.78, 5) is 32.7. The van der Waals surface area contributed by atoms with Crippen molar-refractivity contribution in [3.63, 3.8) is 0 Å². The van der Waals surface area contributed by atoms with E-state index in [1.54, 1.807) is 31.0 Å². The molecule has 0 aliphatic carbocycles. The molecular formula is C24H19N11. The molecule has 4 N–H and O–H groups in total. The van der Waals surface area contributed by atoms with Crippen LogP contribution in [-0.4, -0.2) is 64.2 Å². The van der Waals surface area contributed by atoms with Gasteiger partial charge in [-0.2, -0.15) is 5.10 Å². The third kappa shape index (κ3) is 3.28. The molecule has 6 aromatic rings. The number of anilines is 1. The molecule has 0 aromatic carbocycles. The summed E-state index contributed by atoms with van der Waals surface area (Å²) in [6.07, 6.45) is 8.74. The molecule has 7 rings (SSSR count). The first-order valence-corrected chi connectivity index (χ1v) is 11.2. The van der Waals surface area contributed by atoms with E-state index >= 15 is 0 Å². The molecule has 0 spiro atoms. The van der Waals surface area contributed by atoms with Gasteiger partial charge in [0.15, 0.2) is 17.2 Å². The minimum Gasteiger partial charge on any atom is -0.352 e. The molecule has 1 fully saturated rings. The van der Waals surface area contributed by atoms with Gasteiger partial charge in [0.2, 0.25) is 0 Å². The lowest BCUT2D eigenvalue weighted by Crippen LogP contribution is -2.56. The number of nitrogens with zero attached hydrogens (tertiary/aromatic N) is 8. The second-order valence-electron chi connectivity index (χ2n) is 8.47. The van der Waals surface area contributed by atoms with Crippen LogP contribution >= 0.6 is 0 Å². The standard InChI is InChI=1S/C24H19N11/c25-14-11-35(12-14)19-10-27-9-18(29-19)16-1-2-17-21(30-16)22(34-33-17)24-31-20-15(5-8-28-23(20)32-24)13-3-6-26-7-4-13/h1-10,14H,11-12,25H2,(H,33,34)(H,28,31,32). The van der Waals surface area contributed by atoms with Gasteiger partial charge in [-0.25, -0.2) is 19.9 Å². The van der Waals surface area contributed by atoms with E-state index in [1.165, 1.54) is 0 Å². The molecular weight excluding hydrogens is 442 g/mol. The van der Waals surface area contributed by atoms with Crippen molar-refractivity contribution in [3.05, 3.63) is 61.3 Å². The summed E-state index contributed by atoms with van der Waals surface area (Å²) in [5, 5.41) is 7.55. The van der Waals surface area contributed by atoms with Crippen LogP contribution in [0.1, 0.15) is 0 Å². The van der Waals surface area contributed by atoms with E-state index in [9.17, 15) is 0 Å². The Kier molecular flexibility index (Phi) is 4.29. The van der Waals surface area contributed by atoms with Crippen molar-refractivity contribution in [2.24, 2.45) is 5.73 Å². The van der Waals surface area contributed by atoms with Crippen molar-refractivity contribution in [2.45, 2.75) is 6.04 Å². The van der Waals surface area contributed by atoms with Gasteiger partial charge in [0.05, 0.1) is 29.1 Å². The minimum atomic E-state index is 0.181. The van der Waals surface area contributed by atoms with E-state index in [0.717, 1.165) is 41.1 Å². The van der Waals surface area contributed by atoms with Crippen LogP contribution in [0.4, 0.5) is 5.82 Å². The molecule has 1 aliphatic rings. The Morgan fingerprint density at radius 3 is 2.63 bits per heavy atom. The summed E-state index contributed by atoms with van der Waals surface area (Å²) in [6.45, 7) is 1.55. The molecule has 11 nitrogen and oxygen atoms in total. The van der Waals surface area contributed by atoms with Crippen LogP contribution < -0.4 is 10.6 Å². The highest BCUT2D eigenvalue weighted by Gasteiger charge is 2.25. The summed E-state index contributed by atoms with van der Waals surface area (Å²) >= 11 is 0. The second-order valence-corrected chi connectivity index (χ2v) is 8.47. The topological polar surface area (TPSA) is 151 Å². The van der Waals surface area contributed by atoms with Crippen molar-refractivity contribution >= 4 is 28.0 Å². The minimum absolute atomic E-state index is 0.181. The monoisotopic (exact) mass is 461 g/mol. The molecule has 1 saturated heterocycles. The lowest BCUT2D eigenvalue weighted by molar-refractivity contribution is 0.514. The van der Waals surface area contributed by atoms with Crippen LogP contribution in [0.2, 0.25) is 0 Å². The van der Waals surface area contributed by atoms with E-state index in [1.807, 2.05) is 30.3 Å². The smallest absolute Gasteiger partial charge is 0.178 e. The highest BCUT2D eigenvalue weighted by molar-refractivity contribution is 5.94. The number of hydrogen-bond acceptors (Lipinski definition) is 9. The number of H-pyrrole nitrogens is 2. The first-order valence-electron chi connectivity index (χ1n) is 11.2. The maximum atomic E-state index is 5.92. The van der Waals surface area contributed by atoms with Gasteiger partial charge in [-0.3, -0.25) is 15.1 Å². The van der Waals surface area contributed by atoms with E-state index in [0.29, 0.717) is 34.1 Å². The first kappa shape index (κ1) is 19.7. The fraction of sp³-hybridized carbons (Fsp3) is 0.125. The van der Waals surface area contributed by atoms with Gasteiger partial charge in [0, 0.05) is 43.3 Å². The third-order valence-corrected chi connectivity index (χ3v) is 6.13. The Hall–Kier alpha value is -4.77. The van der Waals surface area contributed by atoms with E-state index in [-0.39, 0.29) is 6.04 Å². The van der Waals surface area contributed by atoms with Gasteiger partial charge >= 0.3 is 0 Å². The fourth-order valence-electron chi connectivity index (χ4n) is 4.33. The normalized spacial score (nSPS) is 14.0. The van der Waals surface area contributed by atoms with E-state index in [2.05, 4.69) is 35.0 Å². The van der Waals surface area contributed by atoms with Crippen molar-refractivity contribution < 1.29 is 0 Å². The van der Waals surface area contributed by atoms with Gasteiger partial charge in [-0.1, -0.05) is 0 Å². The predicted molar refractivity (Wildman–Crippen MR) is 131 cm³/mol. The first-order chi connectivity index (χ1) is 17.2. The molecule has 0 atom stereocenters. The predicted octanol–water partition coefficient (Wildman–Crippen LogP) is 2.56. The van der Waals surface area contributed by atoms with Crippen molar-refractivity contribution in [2.75, 3.05) is 18.0 Å². The number of hydrogen-bond donors (Lipinski definition) is 3. The molecule has 1 aliphatic heterocycles. The van der Waals surface area contributed by atoms with Crippen LogP contribution in [-0.2, 0) is 0 Å². The summed E-state index contributed by atoms with van der Waals surface area (Å²) in [5.41, 5.74) is 12.8. The number of aromatic nitrogens is 9. The van der Waals surface area contributed by atoms with Crippen LogP contribution in [0.25, 0.3) is 56.2 Å². The van der Waals surface area contributed by atoms with Gasteiger partial charge in [-0.15, -0.1) is 0 Å². The Morgan fingerprint density at radius 2 is 1.77 bits per heavy atom. The van der Waals surface area contributed by atoms with Crippen LogP contribution in [0.3, 0.4) is 0 Å². The lowest BCUT2D eigenvalue weighted by Gasteiger charge is -2.37. The maximum Gasteiger partial charge on any atom is 0.178 e. The number of pyridine rings is 3. The number of imidazole rings is 1. The van der Waals surface area contributed by atoms with Gasteiger partial charge < -0.3 is 15.6 Å². The molecule has 7 heterocycles. The van der Waals surface area contributed by atoms with Crippen LogP contribution in [0.5, 0.6) is 0 Å². The SMILES string of the molecule is NC1CN(c2cncc(-c3ccc4[nH]nc(-c5nc6nccc(-c7ccncc7)c6[nH]5)c4n3)n2)C1. The summed E-state index contributed by atoms with van der Waals surface area (Å²) < 4.78 is 0. The zero-order valence-electron chi connectivity index (χ0n) is 18.4. The van der Waals surface area contributed by atoms with Crippen LogP contribution in [0, 0.1) is 0 Å². The second kappa shape index (κ2) is 7.64. The number of nitrogens with one attached hydrogen (secondary N) is 2. The molecule has 170 valence electrons. The van der Waals surface area contributed by atoms with Crippen LogP contribution in [0.15, 0.2) is 61.3 Å². The highest BCUT2D eigenvalue weighted by Crippen LogP contribution is 2.31. The number of rotatable bonds is 4. The number of aromatic amines is 2. The number of fused-ring (bicyclic) bond motifs is 2. The van der Waals surface area contributed by atoms with E-state index in [4.69, 9.17) is 20.7 Å². The largest absolute Gasteiger partial charge is 0.352 e. The Balaban J connectivity index is 1.31. The summed E-state index contributed by atoms with van der Waals surface area (Å²) in [7, 11) is 0. The van der Waals surface area contributed by atoms with Crippen molar-refractivity contribution in [3.8, 4) is 34.0 Å². The Bertz CT molecular complexity index is 1680. The number of nitrogens with two attached hydrogens (primary N) is 1. The Morgan fingerprint density at radius 1 is 0.886 bits per heavy atom. The summed E-state index contributed by atoms with van der Waals surface area (Å²) in [6, 6.07) is 9.88. The van der Waals surface area contributed by atoms with Gasteiger partial charge in [0.1, 0.15) is 17.0 Å². The third-order valence-electron chi connectivity index (χ3n) is 6.13. The van der Waals surface area contributed by atoms with Gasteiger partial charge in [-0.05, 0) is 35.9 Å². The Labute approximate surface area is 198 Å². The average molecular weight is 461 g/mol. The van der Waals surface area contributed by atoms with E-state index < -0.39 is 0 Å². The molecule has 11 heteroatoms. The average Bonchev–Trinajstić information content (AvgIpc) is 3.51. The molecule has 0 radical (unpaired) electrons. The summed E-state index contributed by atoms with van der Waals surface area (Å²) in [5.74, 6) is 1.38. The molecule has 35 heavy (non-hydrogen) atoms. The zero-order chi connectivity index (χ0) is 23.4.